The molecule has 168 valence electrons. The van der Waals surface area contributed by atoms with Gasteiger partial charge in [0.2, 0.25) is 5.91 Å². The Kier molecular flexibility index (Phi) is 8.58. The first-order chi connectivity index (χ1) is 15.3. The van der Waals surface area contributed by atoms with E-state index in [4.69, 9.17) is 23.2 Å². The number of rotatable bonds is 8. The highest BCUT2D eigenvalue weighted by molar-refractivity contribution is 9.10. The number of hydrogen-bond donors (Lipinski definition) is 2. The van der Waals surface area contributed by atoms with E-state index in [1.165, 1.54) is 17.8 Å². The van der Waals surface area contributed by atoms with Gasteiger partial charge in [0.15, 0.2) is 11.0 Å². The maximum atomic E-state index is 12.4. The molecule has 0 aliphatic heterocycles. The minimum Gasteiger partial charge on any atom is -0.345 e. The zero-order valence-corrected chi connectivity index (χ0v) is 21.2. The lowest BCUT2D eigenvalue weighted by molar-refractivity contribution is -0.113. The summed E-state index contributed by atoms with van der Waals surface area (Å²) in [6, 6.07) is 10.4. The summed E-state index contributed by atoms with van der Waals surface area (Å²) < 4.78 is 2.81. The predicted octanol–water partition coefficient (Wildman–Crippen LogP) is 5.34. The second-order valence-corrected chi connectivity index (χ2v) is 9.45. The number of carbonyl (C=O) groups excluding carboxylic acids is 2. The van der Waals surface area contributed by atoms with Crippen LogP contribution in [0.2, 0.25) is 10.0 Å². The summed E-state index contributed by atoms with van der Waals surface area (Å²) in [4.78, 5) is 24.8. The molecule has 0 radical (unpaired) electrons. The zero-order valence-electron chi connectivity index (χ0n) is 17.3. The number of nitrogens with one attached hydrogen (secondary N) is 2. The molecule has 7 nitrogen and oxygen atoms in total. The van der Waals surface area contributed by atoms with Gasteiger partial charge in [-0.05, 0) is 55.8 Å². The van der Waals surface area contributed by atoms with Gasteiger partial charge < -0.3 is 15.2 Å². The van der Waals surface area contributed by atoms with Gasteiger partial charge in [-0.1, -0.05) is 50.9 Å². The molecule has 32 heavy (non-hydrogen) atoms. The molecule has 0 aliphatic rings. The van der Waals surface area contributed by atoms with Crippen molar-refractivity contribution < 1.29 is 9.59 Å². The van der Waals surface area contributed by atoms with Crippen LogP contribution in [0.1, 0.15) is 28.7 Å². The first-order valence-electron chi connectivity index (χ1n) is 9.62. The molecule has 0 bridgehead atoms. The third-order valence-corrected chi connectivity index (χ3v) is 6.50. The van der Waals surface area contributed by atoms with Crippen LogP contribution in [0, 0.1) is 6.92 Å². The van der Waals surface area contributed by atoms with Crippen LogP contribution >= 0.6 is 50.9 Å². The molecule has 0 aliphatic carbocycles. The summed E-state index contributed by atoms with van der Waals surface area (Å²) in [7, 11) is 0. The van der Waals surface area contributed by atoms with Crippen molar-refractivity contribution in [1.82, 2.24) is 20.1 Å². The summed E-state index contributed by atoms with van der Waals surface area (Å²) in [6.45, 7) is 4.64. The highest BCUT2D eigenvalue weighted by atomic mass is 79.9. The van der Waals surface area contributed by atoms with Gasteiger partial charge in [-0.3, -0.25) is 9.59 Å². The highest BCUT2D eigenvalue weighted by Crippen LogP contribution is 2.23. The van der Waals surface area contributed by atoms with E-state index < -0.39 is 0 Å². The third kappa shape index (κ3) is 6.25. The van der Waals surface area contributed by atoms with E-state index >= 15 is 0 Å². The van der Waals surface area contributed by atoms with E-state index in [1.54, 1.807) is 12.1 Å². The molecule has 2 aromatic carbocycles. The second-order valence-electron chi connectivity index (χ2n) is 6.75. The van der Waals surface area contributed by atoms with Gasteiger partial charge in [0.05, 0.1) is 22.9 Å². The lowest BCUT2D eigenvalue weighted by atomic mass is 10.2. The van der Waals surface area contributed by atoms with Gasteiger partial charge >= 0.3 is 0 Å². The van der Waals surface area contributed by atoms with E-state index in [-0.39, 0.29) is 29.1 Å². The average molecular weight is 557 g/mol. The van der Waals surface area contributed by atoms with Crippen LogP contribution in [-0.2, 0) is 17.9 Å². The van der Waals surface area contributed by atoms with Crippen LogP contribution in [0.4, 0.5) is 5.69 Å². The zero-order chi connectivity index (χ0) is 23.3. The number of aromatic nitrogens is 3. The van der Waals surface area contributed by atoms with Crippen molar-refractivity contribution in [3.63, 3.8) is 0 Å². The Morgan fingerprint density at radius 3 is 2.62 bits per heavy atom. The molecule has 0 unspecified atom stereocenters. The molecule has 1 aromatic heterocycles. The normalized spacial score (nSPS) is 10.8. The fraction of sp³-hybridized carbons (Fsp3) is 0.238. The molecule has 0 spiro atoms. The van der Waals surface area contributed by atoms with Gasteiger partial charge in [0, 0.05) is 21.7 Å². The summed E-state index contributed by atoms with van der Waals surface area (Å²) in [5.41, 5.74) is 2.06. The van der Waals surface area contributed by atoms with Crippen molar-refractivity contribution in [1.29, 1.82) is 0 Å². The van der Waals surface area contributed by atoms with Gasteiger partial charge in [-0.15, -0.1) is 10.2 Å². The van der Waals surface area contributed by atoms with Gasteiger partial charge in [-0.25, -0.2) is 0 Å². The molecule has 0 fully saturated rings. The van der Waals surface area contributed by atoms with Crippen LogP contribution in [0.3, 0.4) is 0 Å². The molecule has 1 heterocycles. The van der Waals surface area contributed by atoms with Crippen molar-refractivity contribution in [3.05, 3.63) is 67.9 Å². The number of anilines is 1. The number of halogens is 3. The Bertz CT molecular complexity index is 1160. The molecular formula is C21H20BrCl2N5O2S. The standard InChI is InChI=1S/C21H20BrCl2N5O2S/c1-3-29-18(10-25-20(31)15-6-5-14(23)9-16(15)24)27-28-21(29)32-11-19(30)26-17-7-4-13(22)8-12(17)2/h4-9H,3,10-11H2,1-2H3,(H,25,31)(H,26,30). The summed E-state index contributed by atoms with van der Waals surface area (Å²) in [5, 5.41) is 15.4. The molecule has 3 rings (SSSR count). The lowest BCUT2D eigenvalue weighted by Crippen LogP contribution is -2.25. The lowest BCUT2D eigenvalue weighted by Gasteiger charge is -2.10. The maximum Gasteiger partial charge on any atom is 0.253 e. The van der Waals surface area contributed by atoms with Crippen molar-refractivity contribution >= 4 is 68.4 Å². The van der Waals surface area contributed by atoms with E-state index in [0.29, 0.717) is 28.1 Å². The molecule has 0 saturated heterocycles. The molecule has 3 aromatic rings. The van der Waals surface area contributed by atoms with E-state index in [1.807, 2.05) is 36.6 Å². The summed E-state index contributed by atoms with van der Waals surface area (Å²) in [6.07, 6.45) is 0. The van der Waals surface area contributed by atoms with Crippen LogP contribution in [-0.4, -0.2) is 32.3 Å². The minimum absolute atomic E-state index is 0.140. The molecular weight excluding hydrogens is 537 g/mol. The Morgan fingerprint density at radius 1 is 1.16 bits per heavy atom. The molecule has 0 saturated carbocycles. The number of carbonyl (C=O) groups is 2. The second kappa shape index (κ2) is 11.2. The van der Waals surface area contributed by atoms with Gasteiger partial charge in [0.25, 0.3) is 5.91 Å². The molecule has 11 heteroatoms. The monoisotopic (exact) mass is 555 g/mol. The summed E-state index contributed by atoms with van der Waals surface area (Å²) in [5.74, 6) is 0.284. The summed E-state index contributed by atoms with van der Waals surface area (Å²) >= 11 is 16.7. The quantitative estimate of drug-likeness (QED) is 0.366. The Labute approximate surface area is 208 Å². The Hall–Kier alpha value is -2.07. The fourth-order valence-corrected chi connectivity index (χ4v) is 4.68. The SMILES string of the molecule is CCn1c(CNC(=O)c2ccc(Cl)cc2Cl)nnc1SCC(=O)Nc1ccc(Br)cc1C. The number of aryl methyl sites for hydroxylation is 1. The predicted molar refractivity (Wildman–Crippen MR) is 132 cm³/mol. The van der Waals surface area contributed by atoms with Crippen LogP contribution in [0.15, 0.2) is 46.0 Å². The topological polar surface area (TPSA) is 88.9 Å². The highest BCUT2D eigenvalue weighted by Gasteiger charge is 2.16. The van der Waals surface area contributed by atoms with Crippen LogP contribution in [0.25, 0.3) is 0 Å². The molecule has 2 amide bonds. The number of hydrogen-bond acceptors (Lipinski definition) is 5. The number of nitrogens with zero attached hydrogens (tertiary/aromatic N) is 3. The van der Waals surface area contributed by atoms with Gasteiger partial charge in [0.1, 0.15) is 0 Å². The largest absolute Gasteiger partial charge is 0.345 e. The van der Waals surface area contributed by atoms with Crippen LogP contribution in [0.5, 0.6) is 0 Å². The van der Waals surface area contributed by atoms with Crippen molar-refractivity contribution in [2.24, 2.45) is 0 Å². The Balaban J connectivity index is 1.59. The van der Waals surface area contributed by atoms with Crippen molar-refractivity contribution in [2.75, 3.05) is 11.1 Å². The first-order valence-corrected chi connectivity index (χ1v) is 12.2. The number of benzene rings is 2. The Morgan fingerprint density at radius 2 is 1.94 bits per heavy atom. The minimum atomic E-state index is -0.337. The number of amides is 2. The fourth-order valence-electron chi connectivity index (χ4n) is 2.89. The van der Waals surface area contributed by atoms with Gasteiger partial charge in [-0.2, -0.15) is 0 Å². The molecule has 2 N–H and O–H groups in total. The number of thioether (sulfide) groups is 1. The van der Waals surface area contributed by atoms with E-state index in [0.717, 1.165) is 15.7 Å². The third-order valence-electron chi connectivity index (χ3n) is 4.49. The average Bonchev–Trinajstić information content (AvgIpc) is 3.14. The first kappa shape index (κ1) is 24.6. The maximum absolute atomic E-state index is 12.4. The van der Waals surface area contributed by atoms with Crippen molar-refractivity contribution in [2.45, 2.75) is 32.1 Å². The van der Waals surface area contributed by atoms with Crippen LogP contribution < -0.4 is 10.6 Å². The smallest absolute Gasteiger partial charge is 0.253 e. The van der Waals surface area contributed by atoms with Crippen molar-refractivity contribution in [3.8, 4) is 0 Å². The van der Waals surface area contributed by atoms with E-state index in [9.17, 15) is 9.59 Å². The van der Waals surface area contributed by atoms with E-state index in [2.05, 4.69) is 36.8 Å². The molecule has 0 atom stereocenters.